The average molecular weight is 290 g/mol. The molecule has 1 saturated heterocycles. The van der Waals surface area contributed by atoms with Crippen molar-refractivity contribution < 1.29 is 9.90 Å². The number of hydrogen-bond donors (Lipinski definition) is 2. The number of hydrogen-bond acceptors (Lipinski definition) is 3. The van der Waals surface area contributed by atoms with Gasteiger partial charge in [-0.15, -0.1) is 0 Å². The van der Waals surface area contributed by atoms with Crippen LogP contribution in [-0.2, 0) is 11.3 Å². The van der Waals surface area contributed by atoms with Crippen LogP contribution in [0.25, 0.3) is 0 Å². The zero-order chi connectivity index (χ0) is 15.1. The largest absolute Gasteiger partial charge is 0.396 e. The summed E-state index contributed by atoms with van der Waals surface area (Å²) >= 11 is 0. The number of carbonyl (C=O) groups is 1. The van der Waals surface area contributed by atoms with E-state index in [1.54, 1.807) is 0 Å². The van der Waals surface area contributed by atoms with E-state index < -0.39 is 0 Å². The van der Waals surface area contributed by atoms with Crippen molar-refractivity contribution in [1.29, 1.82) is 0 Å². The summed E-state index contributed by atoms with van der Waals surface area (Å²) in [7, 11) is 0. The van der Waals surface area contributed by atoms with Crippen molar-refractivity contribution in [1.82, 2.24) is 10.2 Å². The third kappa shape index (κ3) is 5.48. The molecule has 0 aliphatic carbocycles. The van der Waals surface area contributed by atoms with Gasteiger partial charge in [0.05, 0.1) is 6.54 Å². The highest BCUT2D eigenvalue weighted by Crippen LogP contribution is 2.15. The summed E-state index contributed by atoms with van der Waals surface area (Å²) in [5.41, 5.74) is 2.34. The van der Waals surface area contributed by atoms with E-state index >= 15 is 0 Å². The number of aliphatic hydroxyl groups excluding tert-OH is 1. The molecule has 2 rings (SSSR count). The maximum atomic E-state index is 12.1. The fourth-order valence-electron chi connectivity index (χ4n) is 2.89. The second kappa shape index (κ2) is 8.15. The number of amides is 1. The Morgan fingerprint density at radius 3 is 3.05 bits per heavy atom. The molecule has 1 fully saturated rings. The van der Waals surface area contributed by atoms with Crippen molar-refractivity contribution in [2.24, 2.45) is 5.92 Å². The summed E-state index contributed by atoms with van der Waals surface area (Å²) in [5.74, 6) is 0.382. The number of carbonyl (C=O) groups excluding carboxylic acids is 1. The van der Waals surface area contributed by atoms with E-state index in [-0.39, 0.29) is 12.5 Å². The topological polar surface area (TPSA) is 52.6 Å². The maximum Gasteiger partial charge on any atom is 0.234 e. The molecule has 0 radical (unpaired) electrons. The first-order valence-corrected chi connectivity index (χ1v) is 7.83. The normalized spacial score (nSPS) is 20.0. The summed E-state index contributed by atoms with van der Waals surface area (Å²) in [6.45, 7) is 5.07. The third-order valence-electron chi connectivity index (χ3n) is 4.05. The lowest BCUT2D eigenvalue weighted by molar-refractivity contribution is -0.122. The van der Waals surface area contributed by atoms with Crippen LogP contribution in [0, 0.1) is 12.8 Å². The molecule has 1 aromatic rings. The standard InChI is InChI=1S/C17H26N2O2/c1-14-5-4-7-15(9-14)10-18-17(21)12-19-8-3-2-6-16(11-19)13-20/h4-5,7,9,16,20H,2-3,6,8,10-13H2,1H3,(H,18,21). The molecule has 0 spiro atoms. The second-order valence-electron chi connectivity index (χ2n) is 6.05. The van der Waals surface area contributed by atoms with Crippen molar-refractivity contribution in [3.63, 3.8) is 0 Å². The first-order valence-electron chi connectivity index (χ1n) is 7.83. The van der Waals surface area contributed by atoms with Gasteiger partial charge in [-0.25, -0.2) is 0 Å². The molecule has 4 heteroatoms. The zero-order valence-corrected chi connectivity index (χ0v) is 12.8. The van der Waals surface area contributed by atoms with Crippen LogP contribution in [-0.4, -0.2) is 42.2 Å². The van der Waals surface area contributed by atoms with E-state index in [0.717, 1.165) is 37.9 Å². The van der Waals surface area contributed by atoms with Gasteiger partial charge in [0.25, 0.3) is 0 Å². The Kier molecular flexibility index (Phi) is 6.21. The average Bonchev–Trinajstić information content (AvgIpc) is 2.70. The Balaban J connectivity index is 1.78. The van der Waals surface area contributed by atoms with Crippen LogP contribution in [0.5, 0.6) is 0 Å². The van der Waals surface area contributed by atoms with Crippen LogP contribution in [0.3, 0.4) is 0 Å². The Hall–Kier alpha value is -1.39. The minimum Gasteiger partial charge on any atom is -0.396 e. The van der Waals surface area contributed by atoms with Crippen LogP contribution in [0.1, 0.15) is 30.4 Å². The molecule has 0 aromatic heterocycles. The van der Waals surface area contributed by atoms with Gasteiger partial charge in [-0.1, -0.05) is 36.2 Å². The summed E-state index contributed by atoms with van der Waals surface area (Å²) in [6, 6.07) is 8.18. The second-order valence-corrected chi connectivity index (χ2v) is 6.05. The van der Waals surface area contributed by atoms with Crippen LogP contribution in [0.2, 0.25) is 0 Å². The summed E-state index contributed by atoms with van der Waals surface area (Å²) in [4.78, 5) is 14.2. The van der Waals surface area contributed by atoms with Gasteiger partial charge in [-0.05, 0) is 37.8 Å². The van der Waals surface area contributed by atoms with Crippen molar-refractivity contribution in [3.8, 4) is 0 Å². The monoisotopic (exact) mass is 290 g/mol. The van der Waals surface area contributed by atoms with Crippen molar-refractivity contribution in [3.05, 3.63) is 35.4 Å². The fourth-order valence-corrected chi connectivity index (χ4v) is 2.89. The highest BCUT2D eigenvalue weighted by Gasteiger charge is 2.19. The van der Waals surface area contributed by atoms with E-state index in [2.05, 4.69) is 29.3 Å². The summed E-state index contributed by atoms with van der Waals surface area (Å²) in [6.07, 6.45) is 3.33. The van der Waals surface area contributed by atoms with Gasteiger partial charge in [0.2, 0.25) is 5.91 Å². The van der Waals surface area contributed by atoms with Gasteiger partial charge < -0.3 is 10.4 Å². The van der Waals surface area contributed by atoms with E-state index in [1.807, 2.05) is 12.1 Å². The summed E-state index contributed by atoms with van der Waals surface area (Å²) < 4.78 is 0. The smallest absolute Gasteiger partial charge is 0.234 e. The molecule has 1 amide bonds. The first-order chi connectivity index (χ1) is 10.2. The Bertz CT molecular complexity index is 462. The quantitative estimate of drug-likeness (QED) is 0.868. The molecule has 0 saturated carbocycles. The van der Waals surface area contributed by atoms with E-state index in [9.17, 15) is 9.90 Å². The SMILES string of the molecule is Cc1cccc(CNC(=O)CN2CCCCC(CO)C2)c1. The molecular weight excluding hydrogens is 264 g/mol. The number of aliphatic hydroxyl groups is 1. The van der Waals surface area contributed by atoms with Gasteiger partial charge in [0.1, 0.15) is 0 Å². The molecule has 1 aliphatic rings. The maximum absolute atomic E-state index is 12.1. The lowest BCUT2D eigenvalue weighted by Gasteiger charge is -2.22. The molecule has 2 N–H and O–H groups in total. The number of aryl methyl sites for hydroxylation is 1. The lowest BCUT2D eigenvalue weighted by Crippen LogP contribution is -2.39. The van der Waals surface area contributed by atoms with Crippen molar-refractivity contribution in [2.75, 3.05) is 26.2 Å². The predicted octanol–water partition coefficient (Wildman–Crippen LogP) is 1.71. The molecule has 1 aromatic carbocycles. The van der Waals surface area contributed by atoms with E-state index in [0.29, 0.717) is 19.0 Å². The zero-order valence-electron chi connectivity index (χ0n) is 12.8. The number of nitrogens with zero attached hydrogens (tertiary/aromatic N) is 1. The van der Waals surface area contributed by atoms with Crippen molar-refractivity contribution in [2.45, 2.75) is 32.7 Å². The highest BCUT2D eigenvalue weighted by molar-refractivity contribution is 5.78. The van der Waals surface area contributed by atoms with Gasteiger partial charge in [0.15, 0.2) is 0 Å². The lowest BCUT2D eigenvalue weighted by atomic mass is 10.1. The molecule has 1 atom stereocenters. The molecule has 1 heterocycles. The minimum absolute atomic E-state index is 0.0649. The van der Waals surface area contributed by atoms with Crippen LogP contribution < -0.4 is 5.32 Å². The molecule has 1 aliphatic heterocycles. The molecule has 1 unspecified atom stereocenters. The van der Waals surface area contributed by atoms with Crippen LogP contribution in [0.4, 0.5) is 0 Å². The molecule has 0 bridgehead atoms. The van der Waals surface area contributed by atoms with E-state index in [4.69, 9.17) is 0 Å². The van der Waals surface area contributed by atoms with Crippen LogP contribution >= 0.6 is 0 Å². The van der Waals surface area contributed by atoms with E-state index in [1.165, 1.54) is 5.56 Å². The molecule has 21 heavy (non-hydrogen) atoms. The van der Waals surface area contributed by atoms with Crippen molar-refractivity contribution >= 4 is 5.91 Å². The number of likely N-dealkylation sites (tertiary alicyclic amines) is 1. The minimum atomic E-state index is 0.0649. The molecular formula is C17H26N2O2. The first kappa shape index (κ1) is 16.0. The molecule has 4 nitrogen and oxygen atoms in total. The summed E-state index contributed by atoms with van der Waals surface area (Å²) in [5, 5.41) is 12.3. The molecule has 116 valence electrons. The Labute approximate surface area is 127 Å². The highest BCUT2D eigenvalue weighted by atomic mass is 16.3. The number of nitrogens with one attached hydrogen (secondary N) is 1. The Morgan fingerprint density at radius 2 is 2.29 bits per heavy atom. The predicted molar refractivity (Wildman–Crippen MR) is 83.9 cm³/mol. The van der Waals surface area contributed by atoms with Gasteiger partial charge >= 0.3 is 0 Å². The van der Waals surface area contributed by atoms with Gasteiger partial charge in [-0.2, -0.15) is 0 Å². The fraction of sp³-hybridized carbons (Fsp3) is 0.588. The number of rotatable bonds is 5. The Morgan fingerprint density at radius 1 is 1.43 bits per heavy atom. The number of benzene rings is 1. The van der Waals surface area contributed by atoms with Gasteiger partial charge in [-0.3, -0.25) is 9.69 Å². The van der Waals surface area contributed by atoms with Gasteiger partial charge in [0, 0.05) is 19.7 Å². The third-order valence-corrected chi connectivity index (χ3v) is 4.05. The van der Waals surface area contributed by atoms with Crippen LogP contribution in [0.15, 0.2) is 24.3 Å².